The molecule has 0 aliphatic rings. The summed E-state index contributed by atoms with van der Waals surface area (Å²) >= 11 is 5.97. The monoisotopic (exact) mass is 305 g/mol. The molecule has 0 aliphatic carbocycles. The Morgan fingerprint density at radius 3 is 2.62 bits per heavy atom. The Bertz CT molecular complexity index is 630. The predicted molar refractivity (Wildman–Crippen MR) is 81.3 cm³/mol. The van der Waals surface area contributed by atoms with Crippen LogP contribution < -0.4 is 10.1 Å². The molecule has 5 heteroatoms. The van der Waals surface area contributed by atoms with Gasteiger partial charge in [0.15, 0.2) is 6.10 Å². The molecule has 0 saturated heterocycles. The highest BCUT2D eigenvalue weighted by Crippen LogP contribution is 2.23. The van der Waals surface area contributed by atoms with E-state index in [0.29, 0.717) is 16.3 Å². The maximum Gasteiger partial charge on any atom is 0.253 e. The number of ether oxygens (including phenoxy) is 1. The van der Waals surface area contributed by atoms with Gasteiger partial charge in [0.2, 0.25) is 0 Å². The fraction of sp³-hybridized carbons (Fsp3) is 0.188. The highest BCUT2D eigenvalue weighted by molar-refractivity contribution is 6.31. The number of para-hydroxylation sites is 1. The molecule has 0 fully saturated rings. The van der Waals surface area contributed by atoms with Crippen molar-refractivity contribution in [3.63, 3.8) is 0 Å². The summed E-state index contributed by atoms with van der Waals surface area (Å²) in [5.74, 6) is 0.180. The molecular formula is C16H16ClNO3. The summed E-state index contributed by atoms with van der Waals surface area (Å²) in [5.41, 5.74) is 1.22. The van der Waals surface area contributed by atoms with Crippen molar-refractivity contribution in [3.05, 3.63) is 64.7 Å². The van der Waals surface area contributed by atoms with Crippen molar-refractivity contribution in [2.24, 2.45) is 0 Å². The van der Waals surface area contributed by atoms with Gasteiger partial charge in [-0.2, -0.15) is 0 Å². The van der Waals surface area contributed by atoms with Gasteiger partial charge < -0.3 is 15.2 Å². The highest BCUT2D eigenvalue weighted by atomic mass is 35.5. The number of halogens is 1. The van der Waals surface area contributed by atoms with Crippen LogP contribution in [-0.2, 0) is 11.3 Å². The minimum Gasteiger partial charge on any atom is -0.496 e. The maximum atomic E-state index is 12.0. The Balaban J connectivity index is 2.03. The lowest BCUT2D eigenvalue weighted by Crippen LogP contribution is -2.29. The van der Waals surface area contributed by atoms with Crippen LogP contribution in [-0.4, -0.2) is 18.1 Å². The fourth-order valence-corrected chi connectivity index (χ4v) is 2.21. The van der Waals surface area contributed by atoms with Crippen LogP contribution in [0.15, 0.2) is 48.5 Å². The first-order chi connectivity index (χ1) is 10.1. The first-order valence-corrected chi connectivity index (χ1v) is 6.83. The van der Waals surface area contributed by atoms with E-state index in [2.05, 4.69) is 5.32 Å². The molecule has 0 heterocycles. The van der Waals surface area contributed by atoms with E-state index >= 15 is 0 Å². The number of carbonyl (C=O) groups is 1. The maximum absolute atomic E-state index is 12.0. The van der Waals surface area contributed by atoms with E-state index < -0.39 is 12.0 Å². The molecule has 1 amide bonds. The zero-order chi connectivity index (χ0) is 15.2. The Morgan fingerprint density at radius 1 is 1.24 bits per heavy atom. The molecule has 0 bridgehead atoms. The van der Waals surface area contributed by atoms with E-state index in [0.717, 1.165) is 5.56 Å². The number of carbonyl (C=O) groups excluding carboxylic acids is 1. The van der Waals surface area contributed by atoms with Crippen LogP contribution in [0, 0.1) is 0 Å². The summed E-state index contributed by atoms with van der Waals surface area (Å²) in [7, 11) is 1.57. The SMILES string of the molecule is COc1ccccc1CNC(=O)[C@H](O)c1ccccc1Cl. The molecule has 2 aromatic rings. The standard InChI is InChI=1S/C16H16ClNO3/c1-21-14-9-5-2-6-11(14)10-18-16(20)15(19)12-7-3-4-8-13(12)17/h2-9,15,19H,10H2,1H3,(H,18,20)/t15-/m1/s1. The fourth-order valence-electron chi connectivity index (χ4n) is 1.97. The quantitative estimate of drug-likeness (QED) is 0.893. The summed E-state index contributed by atoms with van der Waals surface area (Å²) in [6, 6.07) is 14.1. The predicted octanol–water partition coefficient (Wildman–Crippen LogP) is 2.70. The second kappa shape index (κ2) is 7.11. The normalized spacial score (nSPS) is 11.8. The molecule has 21 heavy (non-hydrogen) atoms. The summed E-state index contributed by atoms with van der Waals surface area (Å²) in [4.78, 5) is 12.0. The van der Waals surface area contributed by atoms with Gasteiger partial charge in [0, 0.05) is 22.7 Å². The molecule has 0 radical (unpaired) electrons. The van der Waals surface area contributed by atoms with E-state index in [-0.39, 0.29) is 6.54 Å². The zero-order valence-corrected chi connectivity index (χ0v) is 12.3. The third-order valence-electron chi connectivity index (χ3n) is 3.09. The summed E-state index contributed by atoms with van der Waals surface area (Å²) in [6.45, 7) is 0.268. The Hall–Kier alpha value is -2.04. The number of benzene rings is 2. The molecule has 2 N–H and O–H groups in total. The average Bonchev–Trinajstić information content (AvgIpc) is 2.52. The first kappa shape index (κ1) is 15.4. The van der Waals surface area contributed by atoms with Gasteiger partial charge in [-0.25, -0.2) is 0 Å². The molecule has 0 aromatic heterocycles. The Kier molecular flexibility index (Phi) is 5.20. The lowest BCUT2D eigenvalue weighted by atomic mass is 10.1. The van der Waals surface area contributed by atoms with Crippen molar-refractivity contribution < 1.29 is 14.6 Å². The third kappa shape index (κ3) is 3.74. The number of hydrogen-bond acceptors (Lipinski definition) is 3. The van der Waals surface area contributed by atoms with Crippen molar-refractivity contribution >= 4 is 17.5 Å². The van der Waals surface area contributed by atoms with E-state index in [4.69, 9.17) is 16.3 Å². The van der Waals surface area contributed by atoms with Gasteiger partial charge in [0.25, 0.3) is 5.91 Å². The van der Waals surface area contributed by atoms with Crippen LogP contribution in [0.1, 0.15) is 17.2 Å². The van der Waals surface area contributed by atoms with Gasteiger partial charge in [-0.15, -0.1) is 0 Å². The molecule has 4 nitrogen and oxygen atoms in total. The van der Waals surface area contributed by atoms with Crippen LogP contribution in [0.25, 0.3) is 0 Å². The van der Waals surface area contributed by atoms with E-state index in [1.54, 1.807) is 31.4 Å². The molecule has 110 valence electrons. The summed E-state index contributed by atoms with van der Waals surface area (Å²) in [6.07, 6.45) is -1.30. The second-order valence-corrected chi connectivity index (χ2v) is 4.86. The number of aliphatic hydroxyl groups is 1. The molecule has 0 aliphatic heterocycles. The van der Waals surface area contributed by atoms with Crippen molar-refractivity contribution in [1.82, 2.24) is 5.32 Å². The Labute approximate surface area is 128 Å². The topological polar surface area (TPSA) is 58.6 Å². The number of hydrogen-bond donors (Lipinski definition) is 2. The van der Waals surface area contributed by atoms with Gasteiger partial charge in [0.05, 0.1) is 7.11 Å². The molecular weight excluding hydrogens is 290 g/mol. The van der Waals surface area contributed by atoms with Gasteiger partial charge in [-0.05, 0) is 12.1 Å². The molecule has 2 aromatic carbocycles. The van der Waals surface area contributed by atoms with Crippen LogP contribution in [0.3, 0.4) is 0 Å². The van der Waals surface area contributed by atoms with Crippen molar-refractivity contribution in [2.75, 3.05) is 7.11 Å². The molecule has 1 atom stereocenters. The smallest absolute Gasteiger partial charge is 0.253 e. The van der Waals surface area contributed by atoms with Gasteiger partial charge >= 0.3 is 0 Å². The first-order valence-electron chi connectivity index (χ1n) is 6.45. The van der Waals surface area contributed by atoms with E-state index in [1.165, 1.54) is 0 Å². The molecule has 0 saturated carbocycles. The number of rotatable bonds is 5. The van der Waals surface area contributed by atoms with E-state index in [1.807, 2.05) is 24.3 Å². The molecule has 0 spiro atoms. The highest BCUT2D eigenvalue weighted by Gasteiger charge is 2.19. The Morgan fingerprint density at radius 2 is 1.90 bits per heavy atom. The lowest BCUT2D eigenvalue weighted by molar-refractivity contribution is -0.129. The minimum absolute atomic E-state index is 0.268. The van der Waals surface area contributed by atoms with E-state index in [9.17, 15) is 9.90 Å². The molecule has 0 unspecified atom stereocenters. The average molecular weight is 306 g/mol. The van der Waals surface area contributed by atoms with Crippen molar-refractivity contribution in [3.8, 4) is 5.75 Å². The molecule has 2 rings (SSSR count). The summed E-state index contributed by atoms with van der Waals surface area (Å²) < 4.78 is 5.21. The van der Waals surface area contributed by atoms with Crippen LogP contribution >= 0.6 is 11.6 Å². The van der Waals surface area contributed by atoms with Crippen molar-refractivity contribution in [2.45, 2.75) is 12.6 Å². The largest absolute Gasteiger partial charge is 0.496 e. The summed E-state index contributed by atoms with van der Waals surface area (Å²) in [5, 5.41) is 13.1. The zero-order valence-electron chi connectivity index (χ0n) is 11.5. The van der Waals surface area contributed by atoms with Gasteiger partial charge in [-0.3, -0.25) is 4.79 Å². The third-order valence-corrected chi connectivity index (χ3v) is 3.44. The van der Waals surface area contributed by atoms with Crippen LogP contribution in [0.5, 0.6) is 5.75 Å². The van der Waals surface area contributed by atoms with Gasteiger partial charge in [0.1, 0.15) is 5.75 Å². The number of methoxy groups -OCH3 is 1. The number of amides is 1. The van der Waals surface area contributed by atoms with Crippen LogP contribution in [0.4, 0.5) is 0 Å². The van der Waals surface area contributed by atoms with Crippen LogP contribution in [0.2, 0.25) is 5.02 Å². The second-order valence-electron chi connectivity index (χ2n) is 4.45. The minimum atomic E-state index is -1.30. The van der Waals surface area contributed by atoms with Crippen molar-refractivity contribution in [1.29, 1.82) is 0 Å². The number of nitrogens with one attached hydrogen (secondary N) is 1. The van der Waals surface area contributed by atoms with Gasteiger partial charge in [-0.1, -0.05) is 48.0 Å². The number of aliphatic hydroxyl groups excluding tert-OH is 1. The lowest BCUT2D eigenvalue weighted by Gasteiger charge is -2.14.